The Hall–Kier alpha value is -0.330. The molecule has 0 aromatic rings. The van der Waals surface area contributed by atoms with E-state index in [1.807, 2.05) is 0 Å². The van der Waals surface area contributed by atoms with E-state index in [2.05, 4.69) is 6.92 Å². The summed E-state index contributed by atoms with van der Waals surface area (Å²) < 4.78 is 0. The van der Waals surface area contributed by atoms with Crippen molar-refractivity contribution in [3.8, 4) is 0 Å². The van der Waals surface area contributed by atoms with Crippen molar-refractivity contribution < 1.29 is 4.79 Å². The molecule has 1 rings (SSSR count). The van der Waals surface area contributed by atoms with Crippen molar-refractivity contribution in [2.75, 3.05) is 0 Å². The average molecular weight is 167 g/mol. The van der Waals surface area contributed by atoms with E-state index < -0.39 is 0 Å². The Kier molecular flexibility index (Phi) is 4.34. The van der Waals surface area contributed by atoms with Crippen molar-refractivity contribution in [1.82, 2.24) is 0 Å². The highest BCUT2D eigenvalue weighted by Gasteiger charge is 2.10. The molecule has 1 aliphatic carbocycles. The van der Waals surface area contributed by atoms with Gasteiger partial charge in [0, 0.05) is 12.8 Å². The molecule has 0 aliphatic heterocycles. The molecule has 1 fully saturated rings. The summed E-state index contributed by atoms with van der Waals surface area (Å²) in [6.07, 6.45) is 9.07. The first kappa shape index (κ1) is 9.76. The highest BCUT2D eigenvalue weighted by molar-refractivity contribution is 5.80. The first-order valence-electron chi connectivity index (χ1n) is 5.12. The summed E-state index contributed by atoms with van der Waals surface area (Å²) >= 11 is 0. The van der Waals surface area contributed by atoms with Crippen molar-refractivity contribution in [1.29, 1.82) is 0 Å². The van der Waals surface area contributed by atoms with Gasteiger partial charge in [-0.2, -0.15) is 0 Å². The molecule has 0 N–H and O–H groups in total. The summed E-state index contributed by atoms with van der Waals surface area (Å²) in [5.74, 6) is 1.84. The van der Waals surface area contributed by atoms with E-state index in [1.165, 1.54) is 38.0 Å². The Balaban J connectivity index is 2.29. The van der Waals surface area contributed by atoms with Crippen LogP contribution in [0.25, 0.3) is 0 Å². The summed E-state index contributed by atoms with van der Waals surface area (Å²) in [5.41, 5.74) is 0. The molecule has 1 heteroatoms. The largest absolute Gasteiger partial charge is 0.300 e. The fraction of sp³-hybridized carbons (Fsp3) is 0.818. The van der Waals surface area contributed by atoms with Crippen LogP contribution in [0.3, 0.4) is 0 Å². The van der Waals surface area contributed by atoms with Crippen LogP contribution in [0.1, 0.15) is 58.3 Å². The fourth-order valence-corrected chi connectivity index (χ4v) is 1.79. The van der Waals surface area contributed by atoms with E-state index >= 15 is 0 Å². The summed E-state index contributed by atoms with van der Waals surface area (Å²) in [6.45, 7) is 2.12. The van der Waals surface area contributed by atoms with Crippen molar-refractivity contribution >= 4 is 5.78 Å². The van der Waals surface area contributed by atoms with Gasteiger partial charge in [0.15, 0.2) is 0 Å². The Labute approximate surface area is 75.5 Å². The first-order valence-corrected chi connectivity index (χ1v) is 5.12. The van der Waals surface area contributed by atoms with Gasteiger partial charge in [-0.25, -0.2) is 0 Å². The highest BCUT2D eigenvalue weighted by Crippen LogP contribution is 2.20. The molecule has 0 spiro atoms. The third kappa shape index (κ3) is 3.89. The van der Waals surface area contributed by atoms with Gasteiger partial charge in [-0.05, 0) is 18.8 Å². The monoisotopic (exact) mass is 167 g/mol. The lowest BCUT2D eigenvalue weighted by atomic mass is 9.93. The van der Waals surface area contributed by atoms with Gasteiger partial charge < -0.3 is 0 Å². The summed E-state index contributed by atoms with van der Waals surface area (Å²) in [5, 5.41) is 0. The zero-order valence-electron chi connectivity index (χ0n) is 8.07. The predicted molar refractivity (Wildman–Crippen MR) is 50.9 cm³/mol. The van der Waals surface area contributed by atoms with E-state index in [0.29, 0.717) is 5.78 Å². The molecule has 0 aromatic heterocycles. The quantitative estimate of drug-likeness (QED) is 0.541. The second-order valence-electron chi connectivity index (χ2n) is 3.94. The van der Waals surface area contributed by atoms with Gasteiger partial charge >= 0.3 is 0 Å². The van der Waals surface area contributed by atoms with Crippen LogP contribution in [0.15, 0.2) is 0 Å². The van der Waals surface area contributed by atoms with Crippen molar-refractivity contribution in [2.24, 2.45) is 0 Å². The maximum Gasteiger partial charge on any atom is 0.133 e. The Morgan fingerprint density at radius 3 is 2.25 bits per heavy atom. The zero-order chi connectivity index (χ0) is 8.81. The Morgan fingerprint density at radius 2 is 1.50 bits per heavy atom. The topological polar surface area (TPSA) is 17.1 Å². The van der Waals surface area contributed by atoms with E-state index in [0.717, 1.165) is 19.3 Å². The summed E-state index contributed by atoms with van der Waals surface area (Å²) in [7, 11) is 0. The van der Waals surface area contributed by atoms with Gasteiger partial charge in [-0.15, -0.1) is 0 Å². The summed E-state index contributed by atoms with van der Waals surface area (Å²) in [6, 6.07) is 0. The molecular weight excluding hydrogens is 148 g/mol. The van der Waals surface area contributed by atoms with Gasteiger partial charge in [-0.1, -0.05) is 32.6 Å². The van der Waals surface area contributed by atoms with Crippen molar-refractivity contribution in [3.63, 3.8) is 0 Å². The maximum atomic E-state index is 11.3. The van der Waals surface area contributed by atoms with E-state index in [4.69, 9.17) is 0 Å². The van der Waals surface area contributed by atoms with Gasteiger partial charge in [0.05, 0.1) is 0 Å². The van der Waals surface area contributed by atoms with Gasteiger partial charge in [0.2, 0.25) is 0 Å². The lowest BCUT2D eigenvalue weighted by Gasteiger charge is -2.11. The van der Waals surface area contributed by atoms with Crippen LogP contribution in [0.5, 0.6) is 0 Å². The van der Waals surface area contributed by atoms with Crippen LogP contribution in [0.4, 0.5) is 0 Å². The molecule has 69 valence electrons. The number of hydrogen-bond acceptors (Lipinski definition) is 1. The third-order valence-electron chi connectivity index (χ3n) is 2.56. The Morgan fingerprint density at radius 1 is 0.917 bits per heavy atom. The Bertz CT molecular complexity index is 140. The highest BCUT2D eigenvalue weighted by atomic mass is 16.1. The smallest absolute Gasteiger partial charge is 0.133 e. The molecule has 0 atom stereocenters. The first-order chi connectivity index (χ1) is 5.79. The van der Waals surface area contributed by atoms with Crippen molar-refractivity contribution in [2.45, 2.75) is 58.3 Å². The average Bonchev–Trinajstić information content (AvgIpc) is 2.02. The minimum absolute atomic E-state index is 0.453. The van der Waals surface area contributed by atoms with Crippen LogP contribution in [-0.2, 0) is 4.79 Å². The second-order valence-corrected chi connectivity index (χ2v) is 3.94. The molecule has 0 heterocycles. The minimum atomic E-state index is 0.453. The molecule has 0 amide bonds. The maximum absolute atomic E-state index is 11.3. The van der Waals surface area contributed by atoms with Crippen molar-refractivity contribution in [3.05, 3.63) is 5.92 Å². The molecule has 12 heavy (non-hydrogen) atoms. The fourth-order valence-electron chi connectivity index (χ4n) is 1.79. The number of hydrogen-bond donors (Lipinski definition) is 0. The van der Waals surface area contributed by atoms with Crippen LogP contribution in [0, 0.1) is 5.92 Å². The SMILES string of the molecule is C[C]1CCCCCCCC(=O)C1. The molecule has 0 bridgehead atoms. The number of Topliss-reactive ketones (excluding diaryl/α,β-unsaturated/α-hetero) is 1. The molecule has 0 aromatic carbocycles. The van der Waals surface area contributed by atoms with Gasteiger partial charge in [0.25, 0.3) is 0 Å². The van der Waals surface area contributed by atoms with Crippen LogP contribution in [-0.4, -0.2) is 5.78 Å². The lowest BCUT2D eigenvalue weighted by molar-refractivity contribution is -0.118. The number of carbonyl (C=O) groups is 1. The molecule has 1 saturated carbocycles. The molecule has 0 saturated heterocycles. The van der Waals surface area contributed by atoms with Crippen LogP contribution >= 0.6 is 0 Å². The normalized spacial score (nSPS) is 23.9. The molecular formula is C11H19O. The number of carbonyl (C=O) groups excluding carboxylic acids is 1. The van der Waals surface area contributed by atoms with Crippen LogP contribution < -0.4 is 0 Å². The van der Waals surface area contributed by atoms with E-state index in [-0.39, 0.29) is 0 Å². The number of ketones is 1. The summed E-state index contributed by atoms with van der Waals surface area (Å²) in [4.78, 5) is 11.3. The molecule has 1 nitrogen and oxygen atoms in total. The molecule has 1 radical (unpaired) electrons. The predicted octanol–water partition coefficient (Wildman–Crippen LogP) is 3.28. The van der Waals surface area contributed by atoms with Gasteiger partial charge in [-0.3, -0.25) is 4.79 Å². The number of rotatable bonds is 0. The zero-order valence-corrected chi connectivity index (χ0v) is 8.07. The minimum Gasteiger partial charge on any atom is -0.300 e. The lowest BCUT2D eigenvalue weighted by Crippen LogP contribution is -2.05. The van der Waals surface area contributed by atoms with Crippen LogP contribution in [0.2, 0.25) is 0 Å². The van der Waals surface area contributed by atoms with E-state index in [9.17, 15) is 4.79 Å². The standard InChI is InChI=1S/C11H19O/c1-10-7-5-3-2-4-6-8-11(12)9-10/h2-9H2,1H3. The second kappa shape index (κ2) is 5.34. The van der Waals surface area contributed by atoms with E-state index in [1.54, 1.807) is 0 Å². The van der Waals surface area contributed by atoms with Gasteiger partial charge in [0.1, 0.15) is 5.78 Å². The molecule has 1 aliphatic rings. The molecule has 0 unspecified atom stereocenters. The third-order valence-corrected chi connectivity index (χ3v) is 2.56.